The molecule has 0 radical (unpaired) electrons. The minimum Gasteiger partial charge on any atom is -0.493 e. The van der Waals surface area contributed by atoms with Crippen molar-refractivity contribution in [2.45, 2.75) is 26.1 Å². The number of carbonyl (C=O) groups is 1. The van der Waals surface area contributed by atoms with E-state index in [4.69, 9.17) is 9.47 Å². The number of benzene rings is 1. The summed E-state index contributed by atoms with van der Waals surface area (Å²) in [6, 6.07) is 5.87. The summed E-state index contributed by atoms with van der Waals surface area (Å²) in [6.45, 7) is 2.79. The molecule has 0 spiro atoms. The molecule has 30 heavy (non-hydrogen) atoms. The highest BCUT2D eigenvalue weighted by Crippen LogP contribution is 2.22. The Morgan fingerprint density at radius 1 is 1.37 bits per heavy atom. The van der Waals surface area contributed by atoms with Gasteiger partial charge in [-0.05, 0) is 25.0 Å². The average molecular weight is 430 g/mol. The molecule has 1 aliphatic rings. The van der Waals surface area contributed by atoms with Gasteiger partial charge in [0.2, 0.25) is 5.91 Å². The van der Waals surface area contributed by atoms with Gasteiger partial charge in [-0.15, -0.1) is 0 Å². The van der Waals surface area contributed by atoms with Crippen molar-refractivity contribution in [2.75, 3.05) is 47.0 Å². The van der Waals surface area contributed by atoms with E-state index in [9.17, 15) is 18.0 Å². The van der Waals surface area contributed by atoms with Gasteiger partial charge in [-0.25, -0.2) is 0 Å². The summed E-state index contributed by atoms with van der Waals surface area (Å²) in [5, 5.41) is 5.79. The van der Waals surface area contributed by atoms with E-state index in [1.54, 1.807) is 0 Å². The van der Waals surface area contributed by atoms with Crippen LogP contribution in [0.25, 0.3) is 0 Å². The van der Waals surface area contributed by atoms with Crippen LogP contribution >= 0.6 is 0 Å². The van der Waals surface area contributed by atoms with E-state index in [2.05, 4.69) is 15.6 Å². The second-order valence-corrected chi connectivity index (χ2v) is 7.30. The number of hydrogen-bond acceptors (Lipinski definition) is 4. The van der Waals surface area contributed by atoms with Gasteiger partial charge >= 0.3 is 6.18 Å². The van der Waals surface area contributed by atoms with Crippen LogP contribution in [0.5, 0.6) is 5.75 Å². The van der Waals surface area contributed by atoms with Crippen LogP contribution in [0.3, 0.4) is 0 Å². The zero-order valence-corrected chi connectivity index (χ0v) is 17.5. The van der Waals surface area contributed by atoms with Crippen LogP contribution in [0.2, 0.25) is 0 Å². The number of ether oxygens (including phenoxy) is 2. The Kier molecular flexibility index (Phi) is 8.76. The zero-order chi connectivity index (χ0) is 22.1. The van der Waals surface area contributed by atoms with Crippen molar-refractivity contribution in [1.29, 1.82) is 0 Å². The molecule has 1 aromatic carbocycles. The second kappa shape index (κ2) is 11.1. The van der Waals surface area contributed by atoms with Crippen LogP contribution in [-0.4, -0.2) is 69.9 Å². The molecule has 0 aliphatic carbocycles. The van der Waals surface area contributed by atoms with Gasteiger partial charge in [0.05, 0.1) is 19.8 Å². The molecule has 7 nitrogen and oxygen atoms in total. The van der Waals surface area contributed by atoms with E-state index in [0.717, 1.165) is 37.0 Å². The van der Waals surface area contributed by atoms with Crippen LogP contribution in [0.15, 0.2) is 23.2 Å². The first-order valence-electron chi connectivity index (χ1n) is 9.73. The van der Waals surface area contributed by atoms with Crippen LogP contribution in [0.1, 0.15) is 17.5 Å². The first-order valence-corrected chi connectivity index (χ1v) is 9.73. The molecule has 0 aromatic heterocycles. The van der Waals surface area contributed by atoms with Gasteiger partial charge in [0.15, 0.2) is 5.96 Å². The topological polar surface area (TPSA) is 75.2 Å². The molecular weight excluding hydrogens is 401 g/mol. The first-order chi connectivity index (χ1) is 14.2. The highest BCUT2D eigenvalue weighted by atomic mass is 19.4. The molecule has 1 heterocycles. The van der Waals surface area contributed by atoms with Crippen molar-refractivity contribution in [1.82, 2.24) is 15.5 Å². The SMILES string of the molecule is CN=C(NCC(=O)N(C)CC(F)(F)F)NCc1ccc(C)cc1OCC1CCOC1. The first kappa shape index (κ1) is 23.8. The lowest BCUT2D eigenvalue weighted by atomic mass is 10.1. The van der Waals surface area contributed by atoms with Gasteiger partial charge in [-0.3, -0.25) is 9.79 Å². The summed E-state index contributed by atoms with van der Waals surface area (Å²) in [5.74, 6) is 0.749. The normalized spacial score (nSPS) is 17.0. The van der Waals surface area contributed by atoms with Crippen molar-refractivity contribution in [3.8, 4) is 5.75 Å². The van der Waals surface area contributed by atoms with Crippen molar-refractivity contribution in [3.63, 3.8) is 0 Å². The van der Waals surface area contributed by atoms with Gasteiger partial charge < -0.3 is 25.0 Å². The molecular formula is C20H29F3N4O3. The number of rotatable bonds is 8. The fraction of sp³-hybridized carbons (Fsp3) is 0.600. The Bertz CT molecular complexity index is 734. The summed E-state index contributed by atoms with van der Waals surface area (Å²) in [6.07, 6.45) is -3.45. The fourth-order valence-electron chi connectivity index (χ4n) is 2.92. The smallest absolute Gasteiger partial charge is 0.406 e. The van der Waals surface area contributed by atoms with E-state index in [-0.39, 0.29) is 6.54 Å². The number of hydrogen-bond donors (Lipinski definition) is 2. The predicted octanol–water partition coefficient (Wildman–Crippen LogP) is 2.10. The van der Waals surface area contributed by atoms with Gasteiger partial charge in [0.25, 0.3) is 0 Å². The lowest BCUT2D eigenvalue weighted by Gasteiger charge is -2.20. The van der Waals surface area contributed by atoms with Gasteiger partial charge in [0.1, 0.15) is 12.3 Å². The van der Waals surface area contributed by atoms with Crippen molar-refractivity contribution in [3.05, 3.63) is 29.3 Å². The summed E-state index contributed by atoms with van der Waals surface area (Å²) < 4.78 is 48.6. The molecule has 1 amide bonds. The Hall–Kier alpha value is -2.49. The number of likely N-dealkylation sites (N-methyl/N-ethyl adjacent to an activating group) is 1. The van der Waals surface area contributed by atoms with Crippen molar-refractivity contribution >= 4 is 11.9 Å². The number of aryl methyl sites for hydroxylation is 1. The summed E-state index contributed by atoms with van der Waals surface area (Å²) in [4.78, 5) is 16.5. The van der Waals surface area contributed by atoms with Crippen molar-refractivity contribution in [2.24, 2.45) is 10.9 Å². The van der Waals surface area contributed by atoms with E-state index in [0.29, 0.717) is 36.5 Å². The third kappa shape index (κ3) is 8.10. The summed E-state index contributed by atoms with van der Waals surface area (Å²) in [7, 11) is 2.63. The maximum atomic E-state index is 12.4. The zero-order valence-electron chi connectivity index (χ0n) is 17.5. The van der Waals surface area contributed by atoms with Gasteiger partial charge in [-0.2, -0.15) is 13.2 Å². The maximum Gasteiger partial charge on any atom is 0.406 e. The van der Waals surface area contributed by atoms with E-state index in [1.807, 2.05) is 25.1 Å². The molecule has 2 rings (SSSR count). The Morgan fingerprint density at radius 2 is 2.13 bits per heavy atom. The number of aliphatic imine (C=N–C) groups is 1. The lowest BCUT2D eigenvalue weighted by Crippen LogP contribution is -2.45. The number of nitrogens with zero attached hydrogens (tertiary/aromatic N) is 2. The molecule has 1 fully saturated rings. The van der Waals surface area contributed by atoms with Crippen LogP contribution in [0.4, 0.5) is 13.2 Å². The minimum atomic E-state index is -4.43. The van der Waals surface area contributed by atoms with Crippen LogP contribution < -0.4 is 15.4 Å². The number of carbonyl (C=O) groups excluding carboxylic acids is 1. The van der Waals surface area contributed by atoms with E-state index in [1.165, 1.54) is 7.05 Å². The third-order valence-electron chi connectivity index (χ3n) is 4.64. The number of nitrogens with one attached hydrogen (secondary N) is 2. The van der Waals surface area contributed by atoms with E-state index < -0.39 is 18.6 Å². The summed E-state index contributed by atoms with van der Waals surface area (Å²) in [5.41, 5.74) is 1.97. The quantitative estimate of drug-likeness (QED) is 0.488. The van der Waals surface area contributed by atoms with Gasteiger partial charge in [-0.1, -0.05) is 12.1 Å². The van der Waals surface area contributed by atoms with E-state index >= 15 is 0 Å². The molecule has 1 aliphatic heterocycles. The maximum absolute atomic E-state index is 12.4. The Labute approximate surface area is 174 Å². The van der Waals surface area contributed by atoms with Crippen molar-refractivity contribution < 1.29 is 27.4 Å². The Morgan fingerprint density at radius 3 is 2.77 bits per heavy atom. The molecule has 2 N–H and O–H groups in total. The number of halogens is 3. The molecule has 1 unspecified atom stereocenters. The van der Waals surface area contributed by atoms with Crippen LogP contribution in [-0.2, 0) is 16.1 Å². The van der Waals surface area contributed by atoms with Crippen LogP contribution in [0, 0.1) is 12.8 Å². The monoisotopic (exact) mass is 430 g/mol. The molecule has 0 bridgehead atoms. The highest BCUT2D eigenvalue weighted by Gasteiger charge is 2.31. The average Bonchev–Trinajstić information content (AvgIpc) is 3.19. The molecule has 1 saturated heterocycles. The number of guanidine groups is 1. The third-order valence-corrected chi connectivity index (χ3v) is 4.64. The number of alkyl halides is 3. The number of amides is 1. The Balaban J connectivity index is 1.87. The largest absolute Gasteiger partial charge is 0.493 e. The molecule has 168 valence electrons. The lowest BCUT2D eigenvalue weighted by molar-refractivity contribution is -0.157. The molecule has 0 saturated carbocycles. The standard InChI is InChI=1S/C20H29F3N4O3/c1-14-4-5-16(17(8-14)30-12-15-6-7-29-11-15)9-25-19(24-2)26-10-18(28)27(3)13-20(21,22)23/h4-5,8,15H,6-7,9-13H2,1-3H3,(H2,24,25,26). The molecule has 10 heteroatoms. The second-order valence-electron chi connectivity index (χ2n) is 7.30. The highest BCUT2D eigenvalue weighted by molar-refractivity contribution is 5.86. The summed E-state index contributed by atoms with van der Waals surface area (Å²) >= 11 is 0. The predicted molar refractivity (Wildman–Crippen MR) is 107 cm³/mol. The molecule has 1 atom stereocenters. The minimum absolute atomic E-state index is 0.300. The fourth-order valence-corrected chi connectivity index (χ4v) is 2.92. The molecule has 1 aromatic rings. The van der Waals surface area contributed by atoms with Gasteiger partial charge in [0, 0.05) is 38.7 Å².